The highest BCUT2D eigenvalue weighted by atomic mass is 14.6. The Balaban J connectivity index is 2.21. The standard InChI is InChI=1S/C18H16N2/c19-13-14-11-12-18(17(14)20,15-7-3-1-4-8-15)16-9-5-2-6-10-16/h1-10,14,20H,11-12H2/t14-/m0/s1. The van der Waals surface area contributed by atoms with E-state index in [9.17, 15) is 5.26 Å². The minimum Gasteiger partial charge on any atom is -0.307 e. The van der Waals surface area contributed by atoms with Crippen LogP contribution in [-0.2, 0) is 5.41 Å². The minimum atomic E-state index is -0.428. The van der Waals surface area contributed by atoms with Crippen molar-refractivity contribution in [2.75, 3.05) is 0 Å². The van der Waals surface area contributed by atoms with Crippen LogP contribution in [0.1, 0.15) is 24.0 Å². The van der Waals surface area contributed by atoms with Crippen molar-refractivity contribution in [3.63, 3.8) is 0 Å². The predicted octanol–water partition coefficient (Wildman–Crippen LogP) is 3.93. The second-order valence-corrected chi connectivity index (χ2v) is 5.27. The molecule has 0 unspecified atom stereocenters. The molecule has 1 aliphatic rings. The van der Waals surface area contributed by atoms with E-state index in [-0.39, 0.29) is 5.92 Å². The van der Waals surface area contributed by atoms with Crippen molar-refractivity contribution in [2.24, 2.45) is 5.92 Å². The zero-order valence-corrected chi connectivity index (χ0v) is 11.2. The number of nitriles is 1. The molecule has 1 N–H and O–H groups in total. The van der Waals surface area contributed by atoms with Gasteiger partial charge < -0.3 is 5.41 Å². The summed E-state index contributed by atoms with van der Waals surface area (Å²) in [6, 6.07) is 22.6. The molecule has 0 saturated heterocycles. The summed E-state index contributed by atoms with van der Waals surface area (Å²) in [5.74, 6) is -0.268. The first-order valence-electron chi connectivity index (χ1n) is 6.88. The van der Waals surface area contributed by atoms with Crippen molar-refractivity contribution in [1.82, 2.24) is 0 Å². The van der Waals surface area contributed by atoms with Crippen molar-refractivity contribution >= 4 is 5.71 Å². The Morgan fingerprint density at radius 1 is 0.950 bits per heavy atom. The van der Waals surface area contributed by atoms with Gasteiger partial charge in [-0.15, -0.1) is 0 Å². The molecule has 1 atom stereocenters. The van der Waals surface area contributed by atoms with Gasteiger partial charge in [0.1, 0.15) is 0 Å². The molecular formula is C18H16N2. The summed E-state index contributed by atoms with van der Waals surface area (Å²) in [6.45, 7) is 0. The van der Waals surface area contributed by atoms with Crippen LogP contribution in [0.25, 0.3) is 0 Å². The third-order valence-corrected chi connectivity index (χ3v) is 4.31. The number of nitrogens with zero attached hydrogens (tertiary/aromatic N) is 1. The van der Waals surface area contributed by atoms with Crippen molar-refractivity contribution < 1.29 is 0 Å². The smallest absolute Gasteiger partial charge is 0.0851 e. The SMILES string of the molecule is N#C[C@@H]1CCC(c2ccccc2)(c2ccccc2)C1=N. The molecule has 20 heavy (non-hydrogen) atoms. The topological polar surface area (TPSA) is 47.6 Å². The average Bonchev–Trinajstić information content (AvgIpc) is 2.87. The van der Waals surface area contributed by atoms with Crippen molar-refractivity contribution in [2.45, 2.75) is 18.3 Å². The molecule has 0 heterocycles. The fourth-order valence-electron chi connectivity index (χ4n) is 3.28. The maximum Gasteiger partial charge on any atom is 0.0851 e. The summed E-state index contributed by atoms with van der Waals surface area (Å²) in [5.41, 5.74) is 2.35. The summed E-state index contributed by atoms with van der Waals surface area (Å²) in [5, 5.41) is 17.8. The van der Waals surface area contributed by atoms with Crippen LogP contribution in [0.3, 0.4) is 0 Å². The Bertz CT molecular complexity index is 613. The first-order valence-corrected chi connectivity index (χ1v) is 6.88. The zero-order valence-electron chi connectivity index (χ0n) is 11.2. The molecule has 0 aliphatic heterocycles. The summed E-state index contributed by atoms with van der Waals surface area (Å²) in [6.07, 6.45) is 1.59. The molecule has 0 aromatic heterocycles. The molecule has 1 fully saturated rings. The summed E-state index contributed by atoms with van der Waals surface area (Å²) >= 11 is 0. The molecule has 2 aromatic rings. The highest BCUT2D eigenvalue weighted by molar-refractivity contribution is 6.01. The fourth-order valence-corrected chi connectivity index (χ4v) is 3.28. The Morgan fingerprint density at radius 3 is 1.85 bits per heavy atom. The number of hydrogen-bond donors (Lipinski definition) is 1. The summed E-state index contributed by atoms with van der Waals surface area (Å²) in [7, 11) is 0. The van der Waals surface area contributed by atoms with Gasteiger partial charge in [-0.2, -0.15) is 5.26 Å². The molecule has 2 heteroatoms. The van der Waals surface area contributed by atoms with E-state index in [0.717, 1.165) is 24.0 Å². The molecule has 0 amide bonds. The van der Waals surface area contributed by atoms with Gasteiger partial charge in [0.15, 0.2) is 0 Å². The normalized spacial score (nSPS) is 20.6. The Hall–Kier alpha value is -2.40. The summed E-state index contributed by atoms with van der Waals surface area (Å²) in [4.78, 5) is 0. The van der Waals surface area contributed by atoms with E-state index < -0.39 is 5.41 Å². The van der Waals surface area contributed by atoms with Gasteiger partial charge in [-0.1, -0.05) is 60.7 Å². The van der Waals surface area contributed by atoms with Gasteiger partial charge in [-0.25, -0.2) is 0 Å². The van der Waals surface area contributed by atoms with Gasteiger partial charge in [0, 0.05) is 5.71 Å². The zero-order chi connectivity index (χ0) is 14.0. The maximum atomic E-state index is 9.27. The third kappa shape index (κ3) is 1.75. The van der Waals surface area contributed by atoms with E-state index >= 15 is 0 Å². The number of nitrogens with one attached hydrogen (secondary N) is 1. The lowest BCUT2D eigenvalue weighted by Crippen LogP contribution is -2.34. The van der Waals surface area contributed by atoms with E-state index in [1.54, 1.807) is 0 Å². The van der Waals surface area contributed by atoms with Crippen LogP contribution >= 0.6 is 0 Å². The predicted molar refractivity (Wildman–Crippen MR) is 79.7 cm³/mol. The molecular weight excluding hydrogens is 244 g/mol. The van der Waals surface area contributed by atoms with Gasteiger partial charge in [0.05, 0.1) is 17.4 Å². The quantitative estimate of drug-likeness (QED) is 0.873. The van der Waals surface area contributed by atoms with Gasteiger partial charge >= 0.3 is 0 Å². The lowest BCUT2D eigenvalue weighted by atomic mass is 9.71. The van der Waals surface area contributed by atoms with Crippen LogP contribution in [0.2, 0.25) is 0 Å². The van der Waals surface area contributed by atoms with Crippen LogP contribution in [0, 0.1) is 22.7 Å². The van der Waals surface area contributed by atoms with E-state index in [1.165, 1.54) is 0 Å². The monoisotopic (exact) mass is 260 g/mol. The van der Waals surface area contributed by atoms with Crippen LogP contribution in [0.4, 0.5) is 0 Å². The first-order chi connectivity index (χ1) is 9.79. The van der Waals surface area contributed by atoms with E-state index in [2.05, 4.69) is 30.3 Å². The van der Waals surface area contributed by atoms with E-state index in [4.69, 9.17) is 5.41 Å². The van der Waals surface area contributed by atoms with E-state index in [0.29, 0.717) is 5.71 Å². The second kappa shape index (κ2) is 4.94. The molecule has 2 aromatic carbocycles. The van der Waals surface area contributed by atoms with Crippen molar-refractivity contribution in [3.8, 4) is 6.07 Å². The molecule has 0 bridgehead atoms. The number of rotatable bonds is 2. The van der Waals surface area contributed by atoms with Gasteiger partial charge in [-0.3, -0.25) is 0 Å². The van der Waals surface area contributed by atoms with Gasteiger partial charge in [-0.05, 0) is 24.0 Å². The molecule has 98 valence electrons. The third-order valence-electron chi connectivity index (χ3n) is 4.31. The molecule has 1 aliphatic carbocycles. The Kier molecular flexibility index (Phi) is 3.12. The van der Waals surface area contributed by atoms with Crippen molar-refractivity contribution in [1.29, 1.82) is 10.7 Å². The summed E-state index contributed by atoms with van der Waals surface area (Å²) < 4.78 is 0. The van der Waals surface area contributed by atoms with Crippen LogP contribution < -0.4 is 0 Å². The molecule has 3 rings (SSSR count). The molecule has 0 radical (unpaired) electrons. The lowest BCUT2D eigenvalue weighted by Gasteiger charge is -2.31. The lowest BCUT2D eigenvalue weighted by molar-refractivity contribution is 0.646. The van der Waals surface area contributed by atoms with Gasteiger partial charge in [0.25, 0.3) is 0 Å². The van der Waals surface area contributed by atoms with E-state index in [1.807, 2.05) is 36.4 Å². The van der Waals surface area contributed by atoms with Gasteiger partial charge in [0.2, 0.25) is 0 Å². The second-order valence-electron chi connectivity index (χ2n) is 5.27. The molecule has 0 spiro atoms. The van der Waals surface area contributed by atoms with Crippen molar-refractivity contribution in [3.05, 3.63) is 71.8 Å². The minimum absolute atomic E-state index is 0.268. The number of hydrogen-bond acceptors (Lipinski definition) is 2. The largest absolute Gasteiger partial charge is 0.307 e. The average molecular weight is 260 g/mol. The highest BCUT2D eigenvalue weighted by Crippen LogP contribution is 2.46. The van der Waals surface area contributed by atoms with Crippen LogP contribution in [0.15, 0.2) is 60.7 Å². The fraction of sp³-hybridized carbons (Fsp3) is 0.222. The van der Waals surface area contributed by atoms with Crippen LogP contribution in [0.5, 0.6) is 0 Å². The first kappa shape index (κ1) is 12.6. The molecule has 2 nitrogen and oxygen atoms in total. The Morgan fingerprint density at radius 2 is 1.45 bits per heavy atom. The van der Waals surface area contributed by atoms with Crippen LogP contribution in [-0.4, -0.2) is 5.71 Å². The highest BCUT2D eigenvalue weighted by Gasteiger charge is 2.47. The molecule has 1 saturated carbocycles. The number of benzene rings is 2. The maximum absolute atomic E-state index is 9.27. The Labute approximate surface area is 119 Å².